The molecule has 0 radical (unpaired) electrons. The molecular formula is C15H13N3O3. The molecule has 1 N–H and O–H groups in total. The van der Waals surface area contributed by atoms with Crippen molar-refractivity contribution in [3.63, 3.8) is 0 Å². The Kier molecular flexibility index (Phi) is 4.14. The summed E-state index contributed by atoms with van der Waals surface area (Å²) in [5.41, 5.74) is 0.116. The Hall–Kier alpha value is -2.94. The molecule has 0 spiro atoms. The van der Waals surface area contributed by atoms with Gasteiger partial charge in [-0.05, 0) is 6.42 Å². The van der Waals surface area contributed by atoms with Crippen LogP contribution in [0.2, 0.25) is 0 Å². The molecular weight excluding hydrogens is 270 g/mol. The summed E-state index contributed by atoms with van der Waals surface area (Å²) in [6, 6.07) is 9.64. The van der Waals surface area contributed by atoms with Crippen molar-refractivity contribution in [1.82, 2.24) is 9.55 Å². The van der Waals surface area contributed by atoms with Crippen LogP contribution in [0.5, 0.6) is 0 Å². The van der Waals surface area contributed by atoms with E-state index in [1.54, 1.807) is 31.2 Å². The molecule has 1 unspecified atom stereocenters. The van der Waals surface area contributed by atoms with Crippen LogP contribution >= 0.6 is 0 Å². The van der Waals surface area contributed by atoms with E-state index in [1.807, 2.05) is 12.1 Å². The highest BCUT2D eigenvalue weighted by atomic mass is 16.4. The van der Waals surface area contributed by atoms with E-state index in [-0.39, 0.29) is 17.7 Å². The summed E-state index contributed by atoms with van der Waals surface area (Å²) in [6.45, 7) is 1.66. The van der Waals surface area contributed by atoms with E-state index in [2.05, 4.69) is 4.98 Å². The van der Waals surface area contributed by atoms with E-state index < -0.39 is 17.6 Å². The number of benzene rings is 1. The van der Waals surface area contributed by atoms with Gasteiger partial charge in [-0.25, -0.2) is 9.78 Å². The molecule has 2 rings (SSSR count). The maximum absolute atomic E-state index is 12.3. The number of hydrogen-bond acceptors (Lipinski definition) is 4. The quantitative estimate of drug-likeness (QED) is 0.923. The molecule has 1 heterocycles. The minimum absolute atomic E-state index is 0.150. The molecule has 0 saturated carbocycles. The third-order valence-corrected chi connectivity index (χ3v) is 3.16. The Morgan fingerprint density at radius 3 is 2.62 bits per heavy atom. The molecule has 0 aliphatic rings. The van der Waals surface area contributed by atoms with E-state index in [1.165, 1.54) is 6.33 Å². The Labute approximate surface area is 120 Å². The molecule has 1 aromatic carbocycles. The smallest absolute Gasteiger partial charge is 0.326 e. The molecule has 2 aromatic rings. The first-order valence-corrected chi connectivity index (χ1v) is 6.39. The molecule has 21 heavy (non-hydrogen) atoms. The van der Waals surface area contributed by atoms with Gasteiger partial charge in [0.2, 0.25) is 0 Å². The predicted octanol–water partition coefficient (Wildman–Crippen LogP) is 1.82. The van der Waals surface area contributed by atoms with Crippen LogP contribution < -0.4 is 5.56 Å². The van der Waals surface area contributed by atoms with Crippen molar-refractivity contribution in [3.05, 3.63) is 52.6 Å². The first-order valence-electron chi connectivity index (χ1n) is 6.39. The van der Waals surface area contributed by atoms with Crippen molar-refractivity contribution in [2.45, 2.75) is 19.4 Å². The lowest BCUT2D eigenvalue weighted by atomic mass is 10.1. The van der Waals surface area contributed by atoms with Gasteiger partial charge in [-0.3, -0.25) is 9.36 Å². The highest BCUT2D eigenvalue weighted by molar-refractivity contribution is 5.72. The second kappa shape index (κ2) is 6.01. The van der Waals surface area contributed by atoms with Gasteiger partial charge in [0, 0.05) is 5.56 Å². The normalized spacial score (nSPS) is 11.6. The number of hydrogen-bond donors (Lipinski definition) is 1. The second-order valence-electron chi connectivity index (χ2n) is 4.42. The number of carboxylic acid groups (broad SMARTS) is 1. The Balaban J connectivity index is 2.65. The lowest BCUT2D eigenvalue weighted by Gasteiger charge is -2.14. The van der Waals surface area contributed by atoms with Crippen LogP contribution in [0, 0.1) is 11.3 Å². The molecule has 0 bridgehead atoms. The average Bonchev–Trinajstić information content (AvgIpc) is 2.49. The first kappa shape index (κ1) is 14.5. The molecule has 1 aromatic heterocycles. The summed E-state index contributed by atoms with van der Waals surface area (Å²) in [4.78, 5) is 27.6. The van der Waals surface area contributed by atoms with E-state index in [9.17, 15) is 14.9 Å². The summed E-state index contributed by atoms with van der Waals surface area (Å²) in [7, 11) is 0. The summed E-state index contributed by atoms with van der Waals surface area (Å²) >= 11 is 0. The number of rotatable bonds is 4. The minimum Gasteiger partial charge on any atom is -0.480 e. The lowest BCUT2D eigenvalue weighted by Crippen LogP contribution is -2.31. The standard InChI is InChI=1S/C15H13N3O3/c1-2-12(15(20)21)18-9-17-13(11(8-16)14(18)19)10-6-4-3-5-7-10/h3-7,9,12H,2H2,1H3,(H,20,21). The van der Waals surface area contributed by atoms with Gasteiger partial charge in [-0.1, -0.05) is 37.3 Å². The third kappa shape index (κ3) is 2.67. The Morgan fingerprint density at radius 1 is 1.43 bits per heavy atom. The van der Waals surface area contributed by atoms with Gasteiger partial charge in [0.25, 0.3) is 5.56 Å². The van der Waals surface area contributed by atoms with Gasteiger partial charge in [0.1, 0.15) is 17.7 Å². The van der Waals surface area contributed by atoms with Crippen LogP contribution in [0.25, 0.3) is 11.3 Å². The van der Waals surface area contributed by atoms with Gasteiger partial charge in [-0.15, -0.1) is 0 Å². The molecule has 6 heteroatoms. The van der Waals surface area contributed by atoms with Crippen LogP contribution in [0.4, 0.5) is 0 Å². The Bertz CT molecular complexity index is 760. The number of nitrogens with zero attached hydrogens (tertiary/aromatic N) is 3. The maximum Gasteiger partial charge on any atom is 0.326 e. The number of carboxylic acids is 1. The largest absolute Gasteiger partial charge is 0.480 e. The molecule has 0 aliphatic carbocycles. The summed E-state index contributed by atoms with van der Waals surface area (Å²) in [6.07, 6.45) is 1.42. The van der Waals surface area contributed by atoms with Gasteiger partial charge in [-0.2, -0.15) is 5.26 Å². The van der Waals surface area contributed by atoms with Crippen LogP contribution in [0.1, 0.15) is 24.9 Å². The zero-order valence-electron chi connectivity index (χ0n) is 11.4. The zero-order valence-corrected chi connectivity index (χ0v) is 11.4. The SMILES string of the molecule is CCC(C(=O)O)n1cnc(-c2ccccc2)c(C#N)c1=O. The van der Waals surface area contributed by atoms with Crippen molar-refractivity contribution in [1.29, 1.82) is 5.26 Å². The topological polar surface area (TPSA) is 96.0 Å². The summed E-state index contributed by atoms with van der Waals surface area (Å²) in [5.74, 6) is -1.13. The lowest BCUT2D eigenvalue weighted by molar-refractivity contribution is -0.141. The first-order chi connectivity index (χ1) is 10.1. The van der Waals surface area contributed by atoms with Crippen LogP contribution in [-0.4, -0.2) is 20.6 Å². The summed E-state index contributed by atoms with van der Waals surface area (Å²) < 4.78 is 0.993. The van der Waals surface area contributed by atoms with Gasteiger partial charge in [0.15, 0.2) is 0 Å². The molecule has 0 fully saturated rings. The maximum atomic E-state index is 12.3. The van der Waals surface area contributed by atoms with Gasteiger partial charge in [0.05, 0.1) is 12.0 Å². The molecule has 0 amide bonds. The minimum atomic E-state index is -1.13. The van der Waals surface area contributed by atoms with Crippen molar-refractivity contribution in [2.75, 3.05) is 0 Å². The fourth-order valence-electron chi connectivity index (χ4n) is 2.10. The van der Waals surface area contributed by atoms with E-state index in [0.29, 0.717) is 5.56 Å². The fourth-order valence-corrected chi connectivity index (χ4v) is 2.10. The molecule has 1 atom stereocenters. The molecule has 0 aliphatic heterocycles. The highest BCUT2D eigenvalue weighted by Crippen LogP contribution is 2.19. The van der Waals surface area contributed by atoms with E-state index in [0.717, 1.165) is 4.57 Å². The third-order valence-electron chi connectivity index (χ3n) is 3.16. The molecule has 6 nitrogen and oxygen atoms in total. The summed E-state index contributed by atoms with van der Waals surface area (Å²) in [5, 5.41) is 18.4. The van der Waals surface area contributed by atoms with Crippen LogP contribution in [-0.2, 0) is 4.79 Å². The van der Waals surface area contributed by atoms with Crippen molar-refractivity contribution in [2.24, 2.45) is 0 Å². The van der Waals surface area contributed by atoms with Crippen molar-refractivity contribution >= 4 is 5.97 Å². The number of carbonyl (C=O) groups is 1. The van der Waals surface area contributed by atoms with Gasteiger partial charge >= 0.3 is 5.97 Å². The van der Waals surface area contributed by atoms with Crippen molar-refractivity contribution in [3.8, 4) is 17.3 Å². The monoisotopic (exact) mass is 283 g/mol. The predicted molar refractivity (Wildman–Crippen MR) is 75.6 cm³/mol. The number of nitriles is 1. The molecule has 0 saturated heterocycles. The van der Waals surface area contributed by atoms with E-state index >= 15 is 0 Å². The number of aromatic nitrogens is 2. The van der Waals surface area contributed by atoms with Crippen LogP contribution in [0.3, 0.4) is 0 Å². The molecule has 106 valence electrons. The van der Waals surface area contributed by atoms with E-state index in [4.69, 9.17) is 5.11 Å². The second-order valence-corrected chi connectivity index (χ2v) is 4.42. The average molecular weight is 283 g/mol. The Morgan fingerprint density at radius 2 is 2.10 bits per heavy atom. The van der Waals surface area contributed by atoms with Crippen LogP contribution in [0.15, 0.2) is 41.5 Å². The van der Waals surface area contributed by atoms with Crippen molar-refractivity contribution < 1.29 is 9.90 Å². The van der Waals surface area contributed by atoms with Gasteiger partial charge < -0.3 is 5.11 Å². The highest BCUT2D eigenvalue weighted by Gasteiger charge is 2.22. The fraction of sp³-hybridized carbons (Fsp3) is 0.200. The zero-order chi connectivity index (χ0) is 15.4. The number of aliphatic carboxylic acids is 1.